The first-order valence-electron chi connectivity index (χ1n) is 10.4. The second-order valence-electron chi connectivity index (χ2n) is 7.93. The van der Waals surface area contributed by atoms with Crippen LogP contribution >= 0.6 is 0 Å². The summed E-state index contributed by atoms with van der Waals surface area (Å²) in [6, 6.07) is 5.93. The highest BCUT2D eigenvalue weighted by atomic mass is 19.1. The first kappa shape index (κ1) is 21.2. The molecule has 3 aromatic heterocycles. The SMILES string of the molecule is Cc1ccn2c(CC3CNCCO3)c(-c3c(F)cc(-n4cc([N+](=O)[O-])cn4)cc3F)nc2c1. The zero-order chi connectivity index (χ0) is 23.1. The highest BCUT2D eigenvalue weighted by molar-refractivity contribution is 5.69. The van der Waals surface area contributed by atoms with E-state index in [1.165, 1.54) is 0 Å². The molecule has 33 heavy (non-hydrogen) atoms. The van der Waals surface area contributed by atoms with Crippen molar-refractivity contribution in [3.05, 3.63) is 75.9 Å². The highest BCUT2D eigenvalue weighted by Crippen LogP contribution is 2.32. The van der Waals surface area contributed by atoms with E-state index in [2.05, 4.69) is 15.4 Å². The van der Waals surface area contributed by atoms with Gasteiger partial charge in [0.2, 0.25) is 0 Å². The van der Waals surface area contributed by atoms with Crippen LogP contribution in [0.2, 0.25) is 0 Å². The van der Waals surface area contributed by atoms with E-state index >= 15 is 8.78 Å². The largest absolute Gasteiger partial charge is 0.375 e. The van der Waals surface area contributed by atoms with E-state index in [1.54, 1.807) is 0 Å². The van der Waals surface area contributed by atoms with Gasteiger partial charge in [-0.25, -0.2) is 18.4 Å². The Bertz CT molecular complexity index is 1340. The predicted molar refractivity (Wildman–Crippen MR) is 115 cm³/mol. The van der Waals surface area contributed by atoms with Crippen molar-refractivity contribution in [2.75, 3.05) is 19.7 Å². The average Bonchev–Trinajstić information content (AvgIpc) is 3.40. The topological polar surface area (TPSA) is 99.5 Å². The van der Waals surface area contributed by atoms with Gasteiger partial charge in [-0.2, -0.15) is 5.10 Å². The summed E-state index contributed by atoms with van der Waals surface area (Å²) in [6.45, 7) is 3.86. The molecule has 1 aliphatic rings. The van der Waals surface area contributed by atoms with Gasteiger partial charge in [0.1, 0.15) is 29.7 Å². The third-order valence-corrected chi connectivity index (χ3v) is 5.61. The molecule has 1 aliphatic heterocycles. The fourth-order valence-electron chi connectivity index (χ4n) is 4.03. The molecular weight excluding hydrogens is 434 g/mol. The third kappa shape index (κ3) is 3.96. The minimum absolute atomic E-state index is 0.0304. The number of aryl methyl sites for hydroxylation is 1. The van der Waals surface area contributed by atoms with E-state index < -0.39 is 16.6 Å². The lowest BCUT2D eigenvalue weighted by Gasteiger charge is -2.24. The van der Waals surface area contributed by atoms with Gasteiger partial charge in [-0.3, -0.25) is 10.1 Å². The van der Waals surface area contributed by atoms with Crippen LogP contribution in [-0.2, 0) is 11.2 Å². The normalized spacial score (nSPS) is 16.4. The second-order valence-corrected chi connectivity index (χ2v) is 7.93. The first-order chi connectivity index (χ1) is 15.9. The van der Waals surface area contributed by atoms with Gasteiger partial charge < -0.3 is 14.5 Å². The van der Waals surface area contributed by atoms with E-state index in [1.807, 2.05) is 29.7 Å². The summed E-state index contributed by atoms with van der Waals surface area (Å²) in [5, 5.41) is 18.0. The molecule has 11 heteroatoms. The maximum Gasteiger partial charge on any atom is 0.307 e. The number of ether oxygens (including phenoxy) is 1. The number of halogens is 2. The number of nitrogens with one attached hydrogen (secondary N) is 1. The molecule has 170 valence electrons. The molecule has 1 atom stereocenters. The Balaban J connectivity index is 1.61. The third-order valence-electron chi connectivity index (χ3n) is 5.61. The van der Waals surface area contributed by atoms with Crippen molar-refractivity contribution in [1.82, 2.24) is 24.5 Å². The predicted octanol–water partition coefficient (Wildman–Crippen LogP) is 3.21. The van der Waals surface area contributed by atoms with Crippen LogP contribution < -0.4 is 5.32 Å². The van der Waals surface area contributed by atoms with Crippen molar-refractivity contribution in [3.8, 4) is 16.9 Å². The molecule has 0 radical (unpaired) electrons. The number of pyridine rings is 1. The number of benzene rings is 1. The fraction of sp³-hybridized carbons (Fsp3) is 0.273. The smallest absolute Gasteiger partial charge is 0.307 e. The summed E-state index contributed by atoms with van der Waals surface area (Å²) >= 11 is 0. The van der Waals surface area contributed by atoms with Crippen LogP contribution in [-0.4, -0.2) is 49.9 Å². The summed E-state index contributed by atoms with van der Waals surface area (Å²) < 4.78 is 39.3. The van der Waals surface area contributed by atoms with Gasteiger partial charge in [0, 0.05) is 37.8 Å². The van der Waals surface area contributed by atoms with E-state index in [9.17, 15) is 10.1 Å². The van der Waals surface area contributed by atoms with Gasteiger partial charge in [0.25, 0.3) is 0 Å². The summed E-state index contributed by atoms with van der Waals surface area (Å²) in [6.07, 6.45) is 4.21. The number of hydrogen-bond acceptors (Lipinski definition) is 6. The van der Waals surface area contributed by atoms with Crippen LogP contribution in [0.1, 0.15) is 11.3 Å². The monoisotopic (exact) mass is 454 g/mol. The maximum atomic E-state index is 15.3. The Morgan fingerprint density at radius 3 is 2.76 bits per heavy atom. The minimum atomic E-state index is -0.841. The van der Waals surface area contributed by atoms with Crippen molar-refractivity contribution in [2.24, 2.45) is 0 Å². The van der Waals surface area contributed by atoms with Crippen LogP contribution in [0.15, 0.2) is 42.9 Å². The van der Waals surface area contributed by atoms with Gasteiger partial charge in [-0.15, -0.1) is 0 Å². The van der Waals surface area contributed by atoms with Crippen molar-refractivity contribution in [1.29, 1.82) is 0 Å². The van der Waals surface area contributed by atoms with Gasteiger partial charge in [0.05, 0.1) is 40.3 Å². The highest BCUT2D eigenvalue weighted by Gasteiger charge is 2.25. The lowest BCUT2D eigenvalue weighted by atomic mass is 10.0. The molecule has 0 saturated carbocycles. The van der Waals surface area contributed by atoms with Crippen molar-refractivity contribution < 1.29 is 18.4 Å². The average molecular weight is 454 g/mol. The van der Waals surface area contributed by atoms with E-state index in [0.717, 1.165) is 41.3 Å². The molecule has 0 spiro atoms. The molecule has 1 N–H and O–H groups in total. The molecule has 5 rings (SSSR count). The van der Waals surface area contributed by atoms with Crippen molar-refractivity contribution in [3.63, 3.8) is 0 Å². The molecule has 1 aromatic carbocycles. The lowest BCUT2D eigenvalue weighted by Crippen LogP contribution is -2.39. The Morgan fingerprint density at radius 1 is 1.30 bits per heavy atom. The number of fused-ring (bicyclic) bond motifs is 1. The number of nitro groups is 1. The van der Waals surface area contributed by atoms with Crippen LogP contribution in [0.4, 0.5) is 14.5 Å². The molecule has 1 saturated heterocycles. The van der Waals surface area contributed by atoms with Crippen LogP contribution in [0.25, 0.3) is 22.6 Å². The Labute approximate surface area is 186 Å². The van der Waals surface area contributed by atoms with Gasteiger partial charge in [-0.05, 0) is 24.6 Å². The summed E-state index contributed by atoms with van der Waals surface area (Å²) in [4.78, 5) is 14.8. The zero-order valence-corrected chi connectivity index (χ0v) is 17.7. The molecule has 0 aliphatic carbocycles. The minimum Gasteiger partial charge on any atom is -0.375 e. The zero-order valence-electron chi connectivity index (χ0n) is 17.7. The van der Waals surface area contributed by atoms with Crippen LogP contribution in [0.5, 0.6) is 0 Å². The number of hydrogen-bond donors (Lipinski definition) is 1. The maximum absolute atomic E-state index is 15.3. The van der Waals surface area contributed by atoms with Gasteiger partial charge >= 0.3 is 5.69 Å². The molecular formula is C22H20F2N6O3. The molecule has 0 amide bonds. The number of nitrogens with zero attached hydrogens (tertiary/aromatic N) is 5. The number of morpholine rings is 1. The van der Waals surface area contributed by atoms with E-state index in [-0.39, 0.29) is 28.7 Å². The molecule has 4 heterocycles. The number of rotatable bonds is 5. The molecule has 9 nitrogen and oxygen atoms in total. The Kier molecular flexibility index (Phi) is 5.35. The summed E-state index contributed by atoms with van der Waals surface area (Å²) in [5.41, 5.74) is 1.87. The van der Waals surface area contributed by atoms with Gasteiger partial charge in [-0.1, -0.05) is 0 Å². The second kappa shape index (κ2) is 8.34. The van der Waals surface area contributed by atoms with Gasteiger partial charge in [0.15, 0.2) is 0 Å². The molecule has 1 unspecified atom stereocenters. The summed E-state index contributed by atoms with van der Waals surface area (Å²) in [7, 11) is 0. The fourth-order valence-corrected chi connectivity index (χ4v) is 4.03. The molecule has 0 bridgehead atoms. The van der Waals surface area contributed by atoms with Crippen LogP contribution in [0, 0.1) is 28.7 Å². The summed E-state index contributed by atoms with van der Waals surface area (Å²) in [5.74, 6) is -1.68. The van der Waals surface area contributed by atoms with E-state index in [4.69, 9.17) is 4.74 Å². The van der Waals surface area contributed by atoms with Crippen molar-refractivity contribution in [2.45, 2.75) is 19.4 Å². The van der Waals surface area contributed by atoms with Crippen LogP contribution in [0.3, 0.4) is 0 Å². The number of aromatic nitrogens is 4. The number of imidazole rings is 1. The first-order valence-corrected chi connectivity index (χ1v) is 10.4. The Hall–Kier alpha value is -3.70. The molecule has 1 fully saturated rings. The standard InChI is InChI=1S/C22H20F2N6O3/c1-13-2-4-28-19(9-16-11-25-3-5-33-16)22(27-20(28)6-13)21-17(23)7-14(8-18(21)24)29-12-15(10-26-29)30(31)32/h2,4,6-8,10,12,16,25H,3,5,9,11H2,1H3. The molecule has 4 aromatic rings. The Morgan fingerprint density at radius 2 is 2.09 bits per heavy atom. The van der Waals surface area contributed by atoms with Crippen molar-refractivity contribution >= 4 is 11.3 Å². The lowest BCUT2D eigenvalue weighted by molar-refractivity contribution is -0.384. The van der Waals surface area contributed by atoms with E-state index in [0.29, 0.717) is 30.9 Å². The quantitative estimate of drug-likeness (QED) is 0.367.